The van der Waals surface area contributed by atoms with Crippen LogP contribution in [0.3, 0.4) is 0 Å². The smallest absolute Gasteiger partial charge is 0.433 e. The molecule has 0 aliphatic rings. The summed E-state index contributed by atoms with van der Waals surface area (Å²) in [5.41, 5.74) is -0.133. The van der Waals surface area contributed by atoms with E-state index in [0.29, 0.717) is 0 Å². The van der Waals surface area contributed by atoms with Gasteiger partial charge >= 0.3 is 6.18 Å². The van der Waals surface area contributed by atoms with Crippen LogP contribution in [0.4, 0.5) is 18.9 Å². The number of anilines is 1. The molecule has 0 fully saturated rings. The van der Waals surface area contributed by atoms with Crippen molar-refractivity contribution in [2.24, 2.45) is 0 Å². The van der Waals surface area contributed by atoms with Crippen LogP contribution in [0.1, 0.15) is 21.6 Å². The van der Waals surface area contributed by atoms with Gasteiger partial charge in [0.15, 0.2) is 0 Å². The zero-order chi connectivity index (χ0) is 15.6. The maximum atomic E-state index is 12.4. The molecule has 2 aromatic rings. The Labute approximate surface area is 118 Å². The first-order chi connectivity index (χ1) is 9.77. The average Bonchev–Trinajstić information content (AvgIpc) is 2.41. The molecule has 110 valence electrons. The molecule has 0 saturated heterocycles. The topological polar surface area (TPSA) is 62.2 Å². The Balaban J connectivity index is 2.18. The first kappa shape index (κ1) is 14.8. The number of carbonyl (C=O) groups excluding carboxylic acids is 1. The highest BCUT2D eigenvalue weighted by Gasteiger charge is 2.32. The van der Waals surface area contributed by atoms with Gasteiger partial charge in [0.25, 0.3) is 5.91 Å². The second kappa shape index (κ2) is 5.43. The van der Waals surface area contributed by atoms with Crippen molar-refractivity contribution in [1.29, 1.82) is 0 Å². The number of benzene rings is 1. The normalized spacial score (nSPS) is 11.2. The number of phenolic OH excluding ortho intramolecular Hbond substituents is 1. The molecule has 0 spiro atoms. The van der Waals surface area contributed by atoms with Crippen LogP contribution in [-0.4, -0.2) is 16.0 Å². The monoisotopic (exact) mass is 296 g/mol. The molecular weight excluding hydrogens is 285 g/mol. The van der Waals surface area contributed by atoms with Gasteiger partial charge in [0.05, 0.1) is 17.4 Å². The minimum atomic E-state index is -4.53. The van der Waals surface area contributed by atoms with Crippen molar-refractivity contribution in [2.75, 3.05) is 5.32 Å². The van der Waals surface area contributed by atoms with Crippen LogP contribution in [0.15, 0.2) is 36.5 Å². The molecule has 2 rings (SSSR count). The van der Waals surface area contributed by atoms with E-state index in [0.717, 1.165) is 23.9 Å². The van der Waals surface area contributed by atoms with Crippen LogP contribution >= 0.6 is 0 Å². The van der Waals surface area contributed by atoms with Crippen molar-refractivity contribution >= 4 is 11.6 Å². The van der Waals surface area contributed by atoms with Crippen LogP contribution in [0.2, 0.25) is 0 Å². The van der Waals surface area contributed by atoms with Gasteiger partial charge in [-0.05, 0) is 31.2 Å². The third-order valence-electron chi connectivity index (χ3n) is 2.71. The molecule has 1 aromatic heterocycles. The molecule has 7 heteroatoms. The molecule has 0 aliphatic carbocycles. The number of aromatic hydroxyl groups is 1. The summed E-state index contributed by atoms with van der Waals surface area (Å²) in [7, 11) is 0. The van der Waals surface area contributed by atoms with Crippen LogP contribution in [0, 0.1) is 6.92 Å². The molecular formula is C14H11F3N2O2. The van der Waals surface area contributed by atoms with Gasteiger partial charge in [-0.3, -0.25) is 4.79 Å². The fourth-order valence-electron chi connectivity index (χ4n) is 1.67. The fourth-order valence-corrected chi connectivity index (χ4v) is 1.67. The molecule has 0 aliphatic heterocycles. The Morgan fingerprint density at radius 2 is 1.95 bits per heavy atom. The molecule has 4 nitrogen and oxygen atoms in total. The van der Waals surface area contributed by atoms with Crippen molar-refractivity contribution in [3.63, 3.8) is 0 Å². The van der Waals surface area contributed by atoms with Gasteiger partial charge in [0.2, 0.25) is 0 Å². The van der Waals surface area contributed by atoms with Crippen LogP contribution in [-0.2, 0) is 6.18 Å². The number of pyridine rings is 1. The first-order valence-electron chi connectivity index (χ1n) is 5.91. The number of phenols is 1. The highest BCUT2D eigenvalue weighted by atomic mass is 19.4. The standard InChI is InChI=1S/C14H11F3N2O2/c1-8-2-4-11(20)10(6-8)13(21)19-9-3-5-12(18-7-9)14(15,16)17/h2-7,20H,1H3,(H,19,21). The van der Waals surface area contributed by atoms with E-state index in [9.17, 15) is 23.1 Å². The number of rotatable bonds is 2. The van der Waals surface area contributed by atoms with Gasteiger partial charge in [0.1, 0.15) is 11.4 Å². The summed E-state index contributed by atoms with van der Waals surface area (Å²) in [5.74, 6) is -0.837. The lowest BCUT2D eigenvalue weighted by atomic mass is 10.1. The summed E-state index contributed by atoms with van der Waals surface area (Å²) >= 11 is 0. The molecule has 2 N–H and O–H groups in total. The van der Waals surface area contributed by atoms with E-state index < -0.39 is 17.8 Å². The number of aromatic nitrogens is 1. The van der Waals surface area contributed by atoms with E-state index >= 15 is 0 Å². The maximum Gasteiger partial charge on any atom is 0.433 e. The Hall–Kier alpha value is -2.57. The number of hydrogen-bond acceptors (Lipinski definition) is 3. The van der Waals surface area contributed by atoms with Gasteiger partial charge < -0.3 is 10.4 Å². The summed E-state index contributed by atoms with van der Waals surface area (Å²) < 4.78 is 37.1. The minimum Gasteiger partial charge on any atom is -0.507 e. The van der Waals surface area contributed by atoms with Crippen molar-refractivity contribution < 1.29 is 23.1 Å². The first-order valence-corrected chi connectivity index (χ1v) is 5.91. The molecule has 1 amide bonds. The Kier molecular flexibility index (Phi) is 3.84. The zero-order valence-electron chi connectivity index (χ0n) is 10.9. The number of carbonyl (C=O) groups is 1. The van der Waals surface area contributed by atoms with Gasteiger partial charge in [0, 0.05) is 0 Å². The Morgan fingerprint density at radius 1 is 1.24 bits per heavy atom. The third kappa shape index (κ3) is 3.50. The van der Waals surface area contributed by atoms with Crippen molar-refractivity contribution in [3.05, 3.63) is 53.3 Å². The van der Waals surface area contributed by atoms with Crippen LogP contribution in [0.25, 0.3) is 0 Å². The average molecular weight is 296 g/mol. The van der Waals surface area contributed by atoms with E-state index in [1.165, 1.54) is 12.1 Å². The molecule has 1 aromatic carbocycles. The zero-order valence-corrected chi connectivity index (χ0v) is 10.9. The number of alkyl halides is 3. The number of amides is 1. The SMILES string of the molecule is Cc1ccc(O)c(C(=O)Nc2ccc(C(F)(F)F)nc2)c1. The summed E-state index contributed by atoms with van der Waals surface area (Å²) in [4.78, 5) is 15.2. The highest BCUT2D eigenvalue weighted by Crippen LogP contribution is 2.28. The molecule has 0 radical (unpaired) electrons. The summed E-state index contributed by atoms with van der Waals surface area (Å²) in [6, 6.07) is 6.34. The number of nitrogens with one attached hydrogen (secondary N) is 1. The lowest BCUT2D eigenvalue weighted by Crippen LogP contribution is -2.13. The fraction of sp³-hybridized carbons (Fsp3) is 0.143. The lowest BCUT2D eigenvalue weighted by Gasteiger charge is -2.09. The molecule has 0 atom stereocenters. The van der Waals surface area contributed by atoms with Gasteiger partial charge in [-0.2, -0.15) is 13.2 Å². The maximum absolute atomic E-state index is 12.4. The number of aryl methyl sites for hydroxylation is 1. The third-order valence-corrected chi connectivity index (χ3v) is 2.71. The molecule has 0 saturated carbocycles. The van der Waals surface area contributed by atoms with Crippen molar-refractivity contribution in [3.8, 4) is 5.75 Å². The van der Waals surface area contributed by atoms with Gasteiger partial charge in [-0.15, -0.1) is 0 Å². The lowest BCUT2D eigenvalue weighted by molar-refractivity contribution is -0.141. The number of halogens is 3. The van der Waals surface area contributed by atoms with Crippen molar-refractivity contribution in [2.45, 2.75) is 13.1 Å². The van der Waals surface area contributed by atoms with Gasteiger partial charge in [-0.25, -0.2) is 4.98 Å². The summed E-state index contributed by atoms with van der Waals surface area (Å²) in [6.07, 6.45) is -3.62. The molecule has 0 unspecified atom stereocenters. The number of hydrogen-bond donors (Lipinski definition) is 2. The largest absolute Gasteiger partial charge is 0.507 e. The predicted molar refractivity (Wildman–Crippen MR) is 70.0 cm³/mol. The van der Waals surface area contributed by atoms with Gasteiger partial charge in [-0.1, -0.05) is 11.6 Å². The van der Waals surface area contributed by atoms with E-state index in [1.807, 2.05) is 0 Å². The summed E-state index contributed by atoms with van der Waals surface area (Å²) in [5, 5.41) is 12.0. The van der Waals surface area contributed by atoms with E-state index in [4.69, 9.17) is 0 Å². The van der Waals surface area contributed by atoms with Crippen LogP contribution in [0.5, 0.6) is 5.75 Å². The number of nitrogens with zero attached hydrogens (tertiary/aromatic N) is 1. The summed E-state index contributed by atoms with van der Waals surface area (Å²) in [6.45, 7) is 1.75. The van der Waals surface area contributed by atoms with E-state index in [1.54, 1.807) is 13.0 Å². The van der Waals surface area contributed by atoms with E-state index in [2.05, 4.69) is 10.3 Å². The van der Waals surface area contributed by atoms with Crippen LogP contribution < -0.4 is 5.32 Å². The van der Waals surface area contributed by atoms with E-state index in [-0.39, 0.29) is 17.0 Å². The Morgan fingerprint density at radius 3 is 2.52 bits per heavy atom. The highest BCUT2D eigenvalue weighted by molar-refractivity contribution is 6.06. The second-order valence-electron chi connectivity index (χ2n) is 4.40. The quantitative estimate of drug-likeness (QED) is 0.893. The second-order valence-corrected chi connectivity index (χ2v) is 4.40. The minimum absolute atomic E-state index is 0.0369. The van der Waals surface area contributed by atoms with Crippen molar-refractivity contribution in [1.82, 2.24) is 4.98 Å². The molecule has 1 heterocycles. The predicted octanol–water partition coefficient (Wildman–Crippen LogP) is 3.37. The molecule has 0 bridgehead atoms. The Bertz CT molecular complexity index is 667. The molecule has 21 heavy (non-hydrogen) atoms.